The third-order valence-corrected chi connectivity index (χ3v) is 1.99. The van der Waals surface area contributed by atoms with Gasteiger partial charge in [0.25, 0.3) is 0 Å². The van der Waals surface area contributed by atoms with Gasteiger partial charge in [-0.2, -0.15) is 0 Å². The molecule has 2 N–H and O–H groups in total. The molecule has 0 radical (unpaired) electrons. The fourth-order valence-electron chi connectivity index (χ4n) is 1.03. The quantitative estimate of drug-likeness (QED) is 0.667. The van der Waals surface area contributed by atoms with Gasteiger partial charge >= 0.3 is 5.97 Å². The van der Waals surface area contributed by atoms with E-state index >= 15 is 0 Å². The van der Waals surface area contributed by atoms with Crippen LogP contribution in [0.4, 0.5) is 0 Å². The number of hydrogen-bond donors (Lipinski definition) is 1. The lowest BCUT2D eigenvalue weighted by Crippen LogP contribution is -2.38. The highest BCUT2D eigenvalue weighted by Gasteiger charge is 2.22. The first-order valence-electron chi connectivity index (χ1n) is 3.97. The van der Waals surface area contributed by atoms with Crippen LogP contribution < -0.4 is 5.73 Å². The molecule has 5 heteroatoms. The lowest BCUT2D eigenvalue weighted by molar-refractivity contribution is -0.143. The molecule has 72 valence electrons. The number of carbonyl (C=O) groups excluding carboxylic acids is 1. The Balaban J connectivity index is 2.68. The molecule has 0 bridgehead atoms. The van der Waals surface area contributed by atoms with Crippen molar-refractivity contribution in [3.63, 3.8) is 0 Å². The molecule has 0 aliphatic carbocycles. The molecule has 0 aliphatic heterocycles. The van der Waals surface area contributed by atoms with Crippen LogP contribution in [0.15, 0.2) is 18.7 Å². The highest BCUT2D eigenvalue weighted by atomic mass is 16.5. The van der Waals surface area contributed by atoms with Crippen molar-refractivity contribution in [2.24, 2.45) is 5.73 Å². The van der Waals surface area contributed by atoms with Crippen LogP contribution in [0.3, 0.4) is 0 Å². The van der Waals surface area contributed by atoms with Gasteiger partial charge in [-0.05, 0) is 6.92 Å². The summed E-state index contributed by atoms with van der Waals surface area (Å²) in [6.07, 6.45) is 5.02. The Morgan fingerprint density at radius 2 is 2.38 bits per heavy atom. The molecule has 1 aromatic rings. The molecule has 0 saturated carbocycles. The molecule has 1 rings (SSSR count). The zero-order valence-electron chi connectivity index (χ0n) is 7.68. The van der Waals surface area contributed by atoms with Crippen LogP contribution in [0, 0.1) is 0 Å². The number of imidazole rings is 1. The highest BCUT2D eigenvalue weighted by Crippen LogP contribution is 2.09. The number of carbonyl (C=O) groups is 1. The smallest absolute Gasteiger partial charge is 0.324 e. The summed E-state index contributed by atoms with van der Waals surface area (Å²) in [7, 11) is 1.32. The van der Waals surface area contributed by atoms with Crippen LogP contribution in [0.2, 0.25) is 0 Å². The Morgan fingerprint density at radius 1 is 1.69 bits per heavy atom. The first kappa shape index (κ1) is 9.73. The van der Waals surface area contributed by atoms with Crippen LogP contribution in [-0.4, -0.2) is 28.7 Å². The Kier molecular flexibility index (Phi) is 3.02. The molecule has 0 spiro atoms. The lowest BCUT2D eigenvalue weighted by atomic mass is 10.1. The average molecular weight is 183 g/mol. The maximum Gasteiger partial charge on any atom is 0.324 e. The van der Waals surface area contributed by atoms with Crippen molar-refractivity contribution in [3.8, 4) is 0 Å². The zero-order chi connectivity index (χ0) is 9.84. The Labute approximate surface area is 76.5 Å². The first-order chi connectivity index (χ1) is 6.16. The number of methoxy groups -OCH3 is 1. The summed E-state index contributed by atoms with van der Waals surface area (Å²) in [6.45, 7) is 1.84. The molecule has 5 nitrogen and oxygen atoms in total. The van der Waals surface area contributed by atoms with E-state index in [9.17, 15) is 4.79 Å². The van der Waals surface area contributed by atoms with Gasteiger partial charge in [-0.25, -0.2) is 4.98 Å². The number of nitrogens with two attached hydrogens (primary N) is 1. The van der Waals surface area contributed by atoms with Gasteiger partial charge < -0.3 is 15.0 Å². The Morgan fingerprint density at radius 3 is 2.85 bits per heavy atom. The minimum atomic E-state index is -0.654. The summed E-state index contributed by atoms with van der Waals surface area (Å²) in [4.78, 5) is 14.9. The van der Waals surface area contributed by atoms with Crippen molar-refractivity contribution >= 4 is 5.97 Å². The van der Waals surface area contributed by atoms with Crippen LogP contribution >= 0.6 is 0 Å². The van der Waals surface area contributed by atoms with Crippen LogP contribution in [0.5, 0.6) is 0 Å². The number of hydrogen-bond acceptors (Lipinski definition) is 4. The van der Waals surface area contributed by atoms with E-state index in [1.165, 1.54) is 7.11 Å². The minimum Gasteiger partial charge on any atom is -0.468 e. The zero-order valence-corrected chi connectivity index (χ0v) is 7.68. The van der Waals surface area contributed by atoms with E-state index in [4.69, 9.17) is 5.73 Å². The second kappa shape index (κ2) is 4.04. The fraction of sp³-hybridized carbons (Fsp3) is 0.500. The van der Waals surface area contributed by atoms with Crippen LogP contribution in [0.1, 0.15) is 13.0 Å². The van der Waals surface area contributed by atoms with Gasteiger partial charge in [-0.3, -0.25) is 4.79 Å². The van der Waals surface area contributed by atoms with Gasteiger partial charge in [0.1, 0.15) is 6.04 Å². The maximum atomic E-state index is 11.1. The van der Waals surface area contributed by atoms with Crippen LogP contribution in [-0.2, 0) is 9.53 Å². The molecule has 0 aromatic carbocycles. The van der Waals surface area contributed by atoms with Crippen molar-refractivity contribution in [2.45, 2.75) is 19.0 Å². The van der Waals surface area contributed by atoms with Crippen molar-refractivity contribution in [1.82, 2.24) is 9.55 Å². The lowest BCUT2D eigenvalue weighted by Gasteiger charge is -2.18. The number of esters is 1. The van der Waals surface area contributed by atoms with E-state index in [0.29, 0.717) is 0 Å². The van der Waals surface area contributed by atoms with E-state index in [1.807, 2.05) is 6.92 Å². The predicted molar refractivity (Wildman–Crippen MR) is 46.9 cm³/mol. The molecule has 0 unspecified atom stereocenters. The third kappa shape index (κ3) is 2.06. The summed E-state index contributed by atoms with van der Waals surface area (Å²) in [5, 5.41) is 0. The van der Waals surface area contributed by atoms with Gasteiger partial charge in [-0.1, -0.05) is 0 Å². The fourth-order valence-corrected chi connectivity index (χ4v) is 1.03. The highest BCUT2D eigenvalue weighted by molar-refractivity contribution is 5.75. The molecule has 1 heterocycles. The number of aromatic nitrogens is 2. The van der Waals surface area contributed by atoms with E-state index < -0.39 is 12.0 Å². The molecule has 0 saturated heterocycles. The summed E-state index contributed by atoms with van der Waals surface area (Å²) in [5.41, 5.74) is 5.64. The van der Waals surface area contributed by atoms with Gasteiger partial charge in [0.05, 0.1) is 19.5 Å². The predicted octanol–water partition coefficient (Wildman–Crippen LogP) is -0.0556. The van der Waals surface area contributed by atoms with Crippen molar-refractivity contribution in [3.05, 3.63) is 18.7 Å². The Hall–Kier alpha value is -1.36. The van der Waals surface area contributed by atoms with E-state index in [0.717, 1.165) is 0 Å². The standard InChI is InChI=1S/C8H13N3O2/c1-6(7(9)8(12)13-2)11-4-3-10-5-11/h3-7H,9H2,1-2H3/t6-,7-/m0/s1. The average Bonchev–Trinajstić information content (AvgIpc) is 2.67. The molecular weight excluding hydrogens is 170 g/mol. The molecule has 0 fully saturated rings. The van der Waals surface area contributed by atoms with E-state index in [-0.39, 0.29) is 6.04 Å². The minimum absolute atomic E-state index is 0.144. The molecule has 0 aliphatic rings. The third-order valence-electron chi connectivity index (χ3n) is 1.99. The first-order valence-corrected chi connectivity index (χ1v) is 3.97. The molecule has 0 amide bonds. The number of rotatable bonds is 3. The number of nitrogens with zero attached hydrogens (tertiary/aromatic N) is 2. The largest absolute Gasteiger partial charge is 0.468 e. The summed E-state index contributed by atoms with van der Waals surface area (Å²) in [5.74, 6) is -0.416. The van der Waals surface area contributed by atoms with E-state index in [2.05, 4.69) is 9.72 Å². The molecule has 13 heavy (non-hydrogen) atoms. The van der Waals surface area contributed by atoms with Crippen molar-refractivity contribution < 1.29 is 9.53 Å². The van der Waals surface area contributed by atoms with E-state index in [1.54, 1.807) is 23.3 Å². The topological polar surface area (TPSA) is 70.1 Å². The van der Waals surface area contributed by atoms with Gasteiger partial charge in [0, 0.05) is 12.4 Å². The number of ether oxygens (including phenoxy) is 1. The molecular formula is C8H13N3O2. The van der Waals surface area contributed by atoms with Crippen molar-refractivity contribution in [1.29, 1.82) is 0 Å². The summed E-state index contributed by atoms with van der Waals surface area (Å²) >= 11 is 0. The SMILES string of the molecule is COC(=O)[C@@H](N)[C@H](C)n1ccnc1. The van der Waals surface area contributed by atoms with Gasteiger partial charge in [-0.15, -0.1) is 0 Å². The molecule has 2 atom stereocenters. The summed E-state index contributed by atoms with van der Waals surface area (Å²) < 4.78 is 6.30. The van der Waals surface area contributed by atoms with Crippen LogP contribution in [0.25, 0.3) is 0 Å². The Bertz CT molecular complexity index is 271. The second-order valence-corrected chi connectivity index (χ2v) is 2.80. The maximum absolute atomic E-state index is 11.1. The van der Waals surface area contributed by atoms with Crippen molar-refractivity contribution in [2.75, 3.05) is 7.11 Å². The normalized spacial score (nSPS) is 15.0. The monoisotopic (exact) mass is 183 g/mol. The summed E-state index contributed by atoms with van der Waals surface area (Å²) in [6, 6.07) is -0.797. The van der Waals surface area contributed by atoms with Gasteiger partial charge in [0.2, 0.25) is 0 Å². The molecule has 1 aromatic heterocycles. The van der Waals surface area contributed by atoms with Gasteiger partial charge in [0.15, 0.2) is 0 Å². The second-order valence-electron chi connectivity index (χ2n) is 2.80.